The topological polar surface area (TPSA) is 48.5 Å². The van der Waals surface area contributed by atoms with Gasteiger partial charge in [0.05, 0.1) is 0 Å². The van der Waals surface area contributed by atoms with E-state index >= 15 is 0 Å². The van der Waals surface area contributed by atoms with Crippen molar-refractivity contribution < 1.29 is 4.79 Å². The lowest BCUT2D eigenvalue weighted by Gasteiger charge is -2.32. The van der Waals surface area contributed by atoms with Crippen LogP contribution in [-0.4, -0.2) is 42.0 Å². The lowest BCUT2D eigenvalue weighted by molar-refractivity contribution is 0.0724. The Morgan fingerprint density at radius 2 is 1.71 bits per heavy atom. The molecule has 0 saturated carbocycles. The minimum absolute atomic E-state index is 0.111. The van der Waals surface area contributed by atoms with Crippen molar-refractivity contribution in [1.82, 2.24) is 9.88 Å². The Bertz CT molecular complexity index is 791. The van der Waals surface area contributed by atoms with Crippen LogP contribution in [0.1, 0.15) is 49.4 Å². The minimum Gasteiger partial charge on any atom is -0.372 e. The second-order valence-electron chi connectivity index (χ2n) is 8.12. The van der Waals surface area contributed by atoms with Gasteiger partial charge in [-0.15, -0.1) is 0 Å². The molecule has 0 spiro atoms. The molecule has 0 unspecified atom stereocenters. The van der Waals surface area contributed by atoms with Gasteiger partial charge in [0, 0.05) is 49.3 Å². The molecule has 5 heteroatoms. The predicted molar refractivity (Wildman–Crippen MR) is 114 cm³/mol. The highest BCUT2D eigenvalue weighted by molar-refractivity contribution is 5.95. The largest absolute Gasteiger partial charge is 0.372 e. The first-order valence-electron chi connectivity index (χ1n) is 10.6. The van der Waals surface area contributed by atoms with Gasteiger partial charge in [0.1, 0.15) is 5.82 Å². The third kappa shape index (κ3) is 4.46. The number of aromatic nitrogens is 1. The molecule has 1 aromatic carbocycles. The van der Waals surface area contributed by atoms with Gasteiger partial charge in [-0.2, -0.15) is 0 Å². The van der Waals surface area contributed by atoms with Crippen molar-refractivity contribution in [3.05, 3.63) is 48.2 Å². The van der Waals surface area contributed by atoms with Crippen LogP contribution in [0.4, 0.5) is 17.2 Å². The number of anilines is 3. The molecule has 2 saturated heterocycles. The summed E-state index contributed by atoms with van der Waals surface area (Å²) in [6, 6.07) is 12.2. The zero-order valence-electron chi connectivity index (χ0n) is 16.7. The molecule has 2 aromatic rings. The fourth-order valence-electron chi connectivity index (χ4n) is 4.08. The molecule has 3 heterocycles. The fourth-order valence-corrected chi connectivity index (χ4v) is 4.08. The van der Waals surface area contributed by atoms with Crippen LogP contribution >= 0.6 is 0 Å². The molecule has 4 rings (SSSR count). The van der Waals surface area contributed by atoms with Gasteiger partial charge >= 0.3 is 0 Å². The molecule has 1 amide bonds. The average molecular weight is 379 g/mol. The Balaban J connectivity index is 1.40. The molecule has 1 aromatic heterocycles. The van der Waals surface area contributed by atoms with E-state index in [-0.39, 0.29) is 5.91 Å². The second kappa shape index (κ2) is 8.63. The van der Waals surface area contributed by atoms with E-state index in [9.17, 15) is 4.79 Å². The first kappa shape index (κ1) is 18.8. The van der Waals surface area contributed by atoms with Gasteiger partial charge in [0.15, 0.2) is 0 Å². The standard InChI is InChI=1S/C23H30N4O/c1-18-10-15-26(16-11-18)21-7-5-20(6-8-21)25-22-17-19(9-12-24-22)23(28)27-13-3-2-4-14-27/h5-9,12,17-18H,2-4,10-11,13-16H2,1H3,(H,24,25). The number of hydrogen-bond acceptors (Lipinski definition) is 4. The van der Waals surface area contributed by atoms with Crippen LogP contribution in [-0.2, 0) is 0 Å². The molecule has 5 nitrogen and oxygen atoms in total. The summed E-state index contributed by atoms with van der Waals surface area (Å²) >= 11 is 0. The number of hydrogen-bond donors (Lipinski definition) is 1. The SMILES string of the molecule is CC1CCN(c2ccc(Nc3cc(C(=O)N4CCCCC4)ccn3)cc2)CC1. The number of carbonyl (C=O) groups excluding carboxylic acids is 1. The van der Waals surface area contributed by atoms with Crippen molar-refractivity contribution in [2.24, 2.45) is 5.92 Å². The molecule has 0 aliphatic carbocycles. The maximum absolute atomic E-state index is 12.7. The van der Waals surface area contributed by atoms with E-state index in [1.807, 2.05) is 17.0 Å². The van der Waals surface area contributed by atoms with Crippen molar-refractivity contribution in [1.29, 1.82) is 0 Å². The van der Waals surface area contributed by atoms with Crippen LogP contribution in [0.3, 0.4) is 0 Å². The normalized spacial score (nSPS) is 18.2. The number of likely N-dealkylation sites (tertiary alicyclic amines) is 1. The van der Waals surface area contributed by atoms with Crippen LogP contribution in [0, 0.1) is 5.92 Å². The highest BCUT2D eigenvalue weighted by atomic mass is 16.2. The average Bonchev–Trinajstić information content (AvgIpc) is 2.75. The molecule has 2 aliphatic heterocycles. The van der Waals surface area contributed by atoms with Crippen LogP contribution in [0.2, 0.25) is 0 Å². The number of benzene rings is 1. The molecule has 0 bridgehead atoms. The number of nitrogens with one attached hydrogen (secondary N) is 1. The first-order valence-corrected chi connectivity index (χ1v) is 10.6. The third-order valence-electron chi connectivity index (χ3n) is 5.94. The molecule has 0 atom stereocenters. The summed E-state index contributed by atoms with van der Waals surface area (Å²) in [5, 5.41) is 3.34. The number of carbonyl (C=O) groups is 1. The Morgan fingerprint density at radius 3 is 2.43 bits per heavy atom. The van der Waals surface area contributed by atoms with E-state index in [0.717, 1.165) is 50.6 Å². The number of amides is 1. The quantitative estimate of drug-likeness (QED) is 0.839. The van der Waals surface area contributed by atoms with Gasteiger partial charge in [-0.25, -0.2) is 4.98 Å². The molecule has 1 N–H and O–H groups in total. The predicted octanol–water partition coefficient (Wildman–Crippen LogP) is 4.69. The van der Waals surface area contributed by atoms with Crippen LogP contribution in [0.25, 0.3) is 0 Å². The molecule has 0 radical (unpaired) electrons. The Kier molecular flexibility index (Phi) is 5.79. The van der Waals surface area contributed by atoms with Gasteiger partial charge in [0.25, 0.3) is 5.91 Å². The fraction of sp³-hybridized carbons (Fsp3) is 0.478. The smallest absolute Gasteiger partial charge is 0.254 e. The van der Waals surface area contributed by atoms with Crippen molar-refractivity contribution in [2.45, 2.75) is 39.0 Å². The summed E-state index contributed by atoms with van der Waals surface area (Å²) < 4.78 is 0. The highest BCUT2D eigenvalue weighted by Crippen LogP contribution is 2.25. The van der Waals surface area contributed by atoms with Gasteiger partial charge in [-0.1, -0.05) is 6.92 Å². The molecular weight excluding hydrogens is 348 g/mol. The van der Waals surface area contributed by atoms with Crippen LogP contribution in [0.5, 0.6) is 0 Å². The van der Waals surface area contributed by atoms with E-state index in [1.165, 1.54) is 24.9 Å². The molecule has 148 valence electrons. The maximum Gasteiger partial charge on any atom is 0.254 e. The summed E-state index contributed by atoms with van der Waals surface area (Å²) in [7, 11) is 0. The lowest BCUT2D eigenvalue weighted by Crippen LogP contribution is -2.35. The highest BCUT2D eigenvalue weighted by Gasteiger charge is 2.19. The first-order chi connectivity index (χ1) is 13.7. The number of pyridine rings is 1. The molecule has 2 aliphatic rings. The van der Waals surface area contributed by atoms with E-state index in [2.05, 4.69) is 46.4 Å². The Morgan fingerprint density at radius 1 is 1.00 bits per heavy atom. The summed E-state index contributed by atoms with van der Waals surface area (Å²) in [5.74, 6) is 1.66. The summed E-state index contributed by atoms with van der Waals surface area (Å²) in [5.41, 5.74) is 2.97. The van der Waals surface area contributed by atoms with Crippen molar-refractivity contribution in [2.75, 3.05) is 36.4 Å². The van der Waals surface area contributed by atoms with Gasteiger partial charge in [0.2, 0.25) is 0 Å². The minimum atomic E-state index is 0.111. The second-order valence-corrected chi connectivity index (χ2v) is 8.12. The van der Waals surface area contributed by atoms with Gasteiger partial charge < -0.3 is 15.1 Å². The van der Waals surface area contributed by atoms with E-state index in [1.54, 1.807) is 6.20 Å². The lowest BCUT2D eigenvalue weighted by atomic mass is 9.99. The number of piperidine rings is 2. The van der Waals surface area contributed by atoms with Crippen LogP contribution < -0.4 is 10.2 Å². The molecular formula is C23H30N4O. The van der Waals surface area contributed by atoms with Gasteiger partial charge in [-0.05, 0) is 74.4 Å². The van der Waals surface area contributed by atoms with Gasteiger partial charge in [-0.3, -0.25) is 4.79 Å². The van der Waals surface area contributed by atoms with Crippen LogP contribution in [0.15, 0.2) is 42.6 Å². The van der Waals surface area contributed by atoms with Crippen molar-refractivity contribution in [3.63, 3.8) is 0 Å². The molecule has 2 fully saturated rings. The summed E-state index contributed by atoms with van der Waals surface area (Å²) in [4.78, 5) is 21.5. The van der Waals surface area contributed by atoms with E-state index in [4.69, 9.17) is 0 Å². The zero-order chi connectivity index (χ0) is 19.3. The van der Waals surface area contributed by atoms with Crippen molar-refractivity contribution >= 4 is 23.1 Å². The monoisotopic (exact) mass is 378 g/mol. The van der Waals surface area contributed by atoms with E-state index < -0.39 is 0 Å². The number of rotatable bonds is 4. The van der Waals surface area contributed by atoms with E-state index in [0.29, 0.717) is 11.4 Å². The summed E-state index contributed by atoms with van der Waals surface area (Å²) in [6.45, 7) is 6.33. The number of nitrogens with zero attached hydrogens (tertiary/aromatic N) is 3. The molecule has 28 heavy (non-hydrogen) atoms. The Labute approximate surface area is 167 Å². The summed E-state index contributed by atoms with van der Waals surface area (Å²) in [6.07, 6.45) is 7.67. The zero-order valence-corrected chi connectivity index (χ0v) is 16.7. The Hall–Kier alpha value is -2.56. The maximum atomic E-state index is 12.7. The third-order valence-corrected chi connectivity index (χ3v) is 5.94. The van der Waals surface area contributed by atoms with Crippen molar-refractivity contribution in [3.8, 4) is 0 Å².